The lowest BCUT2D eigenvalue weighted by atomic mass is 9.90. The van der Waals surface area contributed by atoms with Crippen molar-refractivity contribution in [1.82, 2.24) is 5.32 Å². The van der Waals surface area contributed by atoms with Crippen molar-refractivity contribution in [2.45, 2.75) is 32.6 Å². The maximum absolute atomic E-state index is 10.2. The highest BCUT2D eigenvalue weighted by Gasteiger charge is 2.16. The number of rotatable bonds is 3. The molecule has 1 aromatic rings. The Hall–Kier alpha value is -0.540. The van der Waals surface area contributed by atoms with Gasteiger partial charge in [-0.2, -0.15) is 0 Å². The minimum absolute atomic E-state index is 0.509. The number of benzene rings is 1. The molecule has 1 fully saturated rings. The standard InChI is InChI=1S/C14H20BrNO/c1-2-11-8-13(15)9-12(14(11)17)7-10-3-5-16-6-4-10/h8-10,16-17H,2-7H2,1H3. The third-order valence-electron chi connectivity index (χ3n) is 3.58. The van der Waals surface area contributed by atoms with Crippen molar-refractivity contribution >= 4 is 15.9 Å². The predicted molar refractivity (Wildman–Crippen MR) is 74.5 cm³/mol. The van der Waals surface area contributed by atoms with Gasteiger partial charge in [-0.25, -0.2) is 0 Å². The van der Waals surface area contributed by atoms with E-state index in [4.69, 9.17) is 0 Å². The van der Waals surface area contributed by atoms with Crippen molar-refractivity contribution in [3.8, 4) is 5.75 Å². The highest BCUT2D eigenvalue weighted by Crippen LogP contribution is 2.31. The molecule has 0 saturated carbocycles. The van der Waals surface area contributed by atoms with E-state index < -0.39 is 0 Å². The van der Waals surface area contributed by atoms with Crippen LogP contribution in [0.3, 0.4) is 0 Å². The third-order valence-corrected chi connectivity index (χ3v) is 4.04. The van der Waals surface area contributed by atoms with Crippen LogP contribution in [0.2, 0.25) is 0 Å². The van der Waals surface area contributed by atoms with Crippen LogP contribution in [-0.2, 0) is 12.8 Å². The SMILES string of the molecule is CCc1cc(Br)cc(CC2CCNCC2)c1O. The Morgan fingerprint density at radius 2 is 1.94 bits per heavy atom. The Balaban J connectivity index is 2.16. The molecule has 1 aliphatic rings. The van der Waals surface area contributed by atoms with E-state index in [1.165, 1.54) is 12.8 Å². The molecule has 0 atom stereocenters. The first-order valence-corrected chi connectivity index (χ1v) is 7.21. The van der Waals surface area contributed by atoms with Crippen molar-refractivity contribution in [2.24, 2.45) is 5.92 Å². The number of phenolic OH excluding ortho intramolecular Hbond substituents is 1. The number of halogens is 1. The first-order valence-electron chi connectivity index (χ1n) is 6.41. The molecule has 0 radical (unpaired) electrons. The molecule has 0 aliphatic carbocycles. The summed E-state index contributed by atoms with van der Waals surface area (Å²) >= 11 is 3.53. The lowest BCUT2D eigenvalue weighted by molar-refractivity contribution is 0.366. The normalized spacial score (nSPS) is 17.3. The van der Waals surface area contributed by atoms with Gasteiger partial charge in [0.05, 0.1) is 0 Å². The molecule has 2 rings (SSSR count). The maximum atomic E-state index is 10.2. The molecule has 0 amide bonds. The fourth-order valence-electron chi connectivity index (χ4n) is 2.54. The van der Waals surface area contributed by atoms with Gasteiger partial charge in [-0.3, -0.25) is 0 Å². The minimum atomic E-state index is 0.509. The van der Waals surface area contributed by atoms with Crippen molar-refractivity contribution in [3.63, 3.8) is 0 Å². The van der Waals surface area contributed by atoms with Gasteiger partial charge in [0, 0.05) is 4.47 Å². The van der Waals surface area contributed by atoms with Gasteiger partial charge in [-0.1, -0.05) is 22.9 Å². The van der Waals surface area contributed by atoms with Crippen LogP contribution in [0, 0.1) is 5.92 Å². The van der Waals surface area contributed by atoms with Crippen LogP contribution in [0.5, 0.6) is 5.75 Å². The Labute approximate surface area is 112 Å². The minimum Gasteiger partial charge on any atom is -0.507 e. The molecule has 0 unspecified atom stereocenters. The number of hydrogen-bond donors (Lipinski definition) is 2. The molecule has 0 bridgehead atoms. The topological polar surface area (TPSA) is 32.3 Å². The molecular weight excluding hydrogens is 278 g/mol. The molecule has 0 spiro atoms. The van der Waals surface area contributed by atoms with E-state index in [0.717, 1.165) is 41.5 Å². The zero-order chi connectivity index (χ0) is 12.3. The molecular formula is C14H20BrNO. The zero-order valence-corrected chi connectivity index (χ0v) is 11.9. The molecule has 2 nitrogen and oxygen atoms in total. The predicted octanol–water partition coefficient (Wildman–Crippen LogP) is 3.26. The monoisotopic (exact) mass is 297 g/mol. The van der Waals surface area contributed by atoms with E-state index in [-0.39, 0.29) is 0 Å². The summed E-state index contributed by atoms with van der Waals surface area (Å²) in [6, 6.07) is 4.08. The Kier molecular flexibility index (Phi) is 4.46. The Bertz CT molecular complexity index is 386. The summed E-state index contributed by atoms with van der Waals surface area (Å²) in [5, 5.41) is 13.6. The number of phenols is 1. The van der Waals surface area contributed by atoms with Crippen molar-refractivity contribution in [1.29, 1.82) is 0 Å². The summed E-state index contributed by atoms with van der Waals surface area (Å²) in [5.74, 6) is 1.22. The van der Waals surface area contributed by atoms with Gasteiger partial charge in [0.15, 0.2) is 0 Å². The van der Waals surface area contributed by atoms with Crippen LogP contribution in [-0.4, -0.2) is 18.2 Å². The molecule has 3 heteroatoms. The molecule has 1 aliphatic heterocycles. The van der Waals surface area contributed by atoms with Crippen molar-refractivity contribution in [3.05, 3.63) is 27.7 Å². The molecule has 0 aromatic heterocycles. The third kappa shape index (κ3) is 3.23. The summed E-state index contributed by atoms with van der Waals surface area (Å²) in [5.41, 5.74) is 2.14. The number of piperidine rings is 1. The van der Waals surface area contributed by atoms with E-state index in [1.54, 1.807) is 0 Å². The van der Waals surface area contributed by atoms with Crippen LogP contribution < -0.4 is 5.32 Å². The highest BCUT2D eigenvalue weighted by atomic mass is 79.9. The van der Waals surface area contributed by atoms with Crippen LogP contribution >= 0.6 is 15.9 Å². The number of nitrogens with one attached hydrogen (secondary N) is 1. The van der Waals surface area contributed by atoms with Crippen LogP contribution in [0.15, 0.2) is 16.6 Å². The maximum Gasteiger partial charge on any atom is 0.122 e. The second kappa shape index (κ2) is 5.87. The van der Waals surface area contributed by atoms with Gasteiger partial charge in [-0.15, -0.1) is 0 Å². The average Bonchev–Trinajstić information content (AvgIpc) is 2.34. The smallest absolute Gasteiger partial charge is 0.122 e. The first-order chi connectivity index (χ1) is 8.20. The van der Waals surface area contributed by atoms with Gasteiger partial charge in [-0.05, 0) is 68.0 Å². The lowest BCUT2D eigenvalue weighted by Crippen LogP contribution is -2.28. The first kappa shape index (κ1) is 12.9. The lowest BCUT2D eigenvalue weighted by Gasteiger charge is -2.23. The van der Waals surface area contributed by atoms with Gasteiger partial charge in [0.2, 0.25) is 0 Å². The van der Waals surface area contributed by atoms with Crippen LogP contribution in [0.4, 0.5) is 0 Å². The number of aryl methyl sites for hydroxylation is 1. The van der Waals surface area contributed by atoms with Gasteiger partial charge < -0.3 is 10.4 Å². The fraction of sp³-hybridized carbons (Fsp3) is 0.571. The van der Waals surface area contributed by atoms with E-state index >= 15 is 0 Å². The molecule has 2 N–H and O–H groups in total. The summed E-state index contributed by atoms with van der Waals surface area (Å²) < 4.78 is 1.08. The van der Waals surface area contributed by atoms with E-state index in [1.807, 2.05) is 6.07 Å². The highest BCUT2D eigenvalue weighted by molar-refractivity contribution is 9.10. The largest absolute Gasteiger partial charge is 0.507 e. The molecule has 17 heavy (non-hydrogen) atoms. The van der Waals surface area contributed by atoms with Crippen molar-refractivity contribution < 1.29 is 5.11 Å². The summed E-state index contributed by atoms with van der Waals surface area (Å²) in [6.07, 6.45) is 4.31. The summed E-state index contributed by atoms with van der Waals surface area (Å²) in [7, 11) is 0. The fourth-order valence-corrected chi connectivity index (χ4v) is 3.09. The summed E-state index contributed by atoms with van der Waals surface area (Å²) in [6.45, 7) is 4.30. The molecule has 1 heterocycles. The van der Waals surface area contributed by atoms with Gasteiger partial charge in [0.1, 0.15) is 5.75 Å². The zero-order valence-electron chi connectivity index (χ0n) is 10.3. The second-order valence-corrected chi connectivity index (χ2v) is 5.74. The quantitative estimate of drug-likeness (QED) is 0.897. The molecule has 1 aromatic carbocycles. The van der Waals surface area contributed by atoms with E-state index in [9.17, 15) is 5.11 Å². The van der Waals surface area contributed by atoms with Crippen LogP contribution in [0.25, 0.3) is 0 Å². The van der Waals surface area contributed by atoms with E-state index in [0.29, 0.717) is 11.7 Å². The second-order valence-electron chi connectivity index (χ2n) is 4.82. The Morgan fingerprint density at radius 1 is 1.29 bits per heavy atom. The average molecular weight is 298 g/mol. The molecule has 94 valence electrons. The van der Waals surface area contributed by atoms with Gasteiger partial charge >= 0.3 is 0 Å². The van der Waals surface area contributed by atoms with Gasteiger partial charge in [0.25, 0.3) is 0 Å². The van der Waals surface area contributed by atoms with Crippen LogP contribution in [0.1, 0.15) is 30.9 Å². The van der Waals surface area contributed by atoms with E-state index in [2.05, 4.69) is 34.2 Å². The van der Waals surface area contributed by atoms with Crippen molar-refractivity contribution in [2.75, 3.05) is 13.1 Å². The molecule has 1 saturated heterocycles. The Morgan fingerprint density at radius 3 is 2.59 bits per heavy atom. The number of hydrogen-bond acceptors (Lipinski definition) is 2. The summed E-state index contributed by atoms with van der Waals surface area (Å²) in [4.78, 5) is 0. The number of aromatic hydroxyl groups is 1.